The molecule has 1 aliphatic heterocycles. The summed E-state index contributed by atoms with van der Waals surface area (Å²) in [5.41, 5.74) is 2.01. The minimum atomic E-state index is -3.50. The molecule has 1 N–H and O–H groups in total. The summed E-state index contributed by atoms with van der Waals surface area (Å²) in [5.74, 6) is -0.145. The van der Waals surface area contributed by atoms with E-state index >= 15 is 0 Å². The van der Waals surface area contributed by atoms with Gasteiger partial charge in [0.2, 0.25) is 15.9 Å². The number of carbonyl (C=O) groups excluding carboxylic acids is 1. The number of fused-ring (bicyclic) bond motifs is 1. The van der Waals surface area contributed by atoms with Gasteiger partial charge >= 0.3 is 0 Å². The Bertz CT molecular complexity index is 1100. The number of nitrogens with one attached hydrogen (secondary N) is 1. The third kappa shape index (κ3) is 4.55. The number of hydrogen-bond donors (Lipinski definition) is 1. The van der Waals surface area contributed by atoms with Crippen LogP contribution in [0.3, 0.4) is 0 Å². The monoisotopic (exact) mass is 443 g/mol. The molecule has 0 saturated carbocycles. The smallest absolute Gasteiger partial charge is 0.243 e. The molecular formula is C22H25N3O3S2. The van der Waals surface area contributed by atoms with Crippen molar-refractivity contribution in [2.75, 3.05) is 19.6 Å². The maximum Gasteiger partial charge on any atom is 0.243 e. The molecule has 1 amide bonds. The predicted molar refractivity (Wildman–Crippen MR) is 119 cm³/mol. The summed E-state index contributed by atoms with van der Waals surface area (Å²) in [4.78, 5) is 17.4. The number of thiazole rings is 1. The van der Waals surface area contributed by atoms with Crippen LogP contribution in [-0.2, 0) is 21.2 Å². The van der Waals surface area contributed by atoms with Gasteiger partial charge in [-0.1, -0.05) is 29.8 Å². The number of rotatable bonds is 6. The van der Waals surface area contributed by atoms with Gasteiger partial charge in [-0.2, -0.15) is 4.31 Å². The molecule has 0 bridgehead atoms. The highest BCUT2D eigenvalue weighted by atomic mass is 32.2. The van der Waals surface area contributed by atoms with Crippen molar-refractivity contribution in [1.29, 1.82) is 0 Å². The maximum absolute atomic E-state index is 12.8. The zero-order valence-electron chi connectivity index (χ0n) is 16.9. The van der Waals surface area contributed by atoms with Gasteiger partial charge in [0.05, 0.1) is 20.1 Å². The molecule has 6 nitrogen and oxygen atoms in total. The maximum atomic E-state index is 12.8. The van der Waals surface area contributed by atoms with Crippen molar-refractivity contribution in [3.05, 3.63) is 59.1 Å². The first-order valence-corrected chi connectivity index (χ1v) is 12.4. The van der Waals surface area contributed by atoms with Crippen molar-refractivity contribution < 1.29 is 13.2 Å². The zero-order valence-corrected chi connectivity index (χ0v) is 18.5. The lowest BCUT2D eigenvalue weighted by molar-refractivity contribution is -0.126. The van der Waals surface area contributed by atoms with Crippen LogP contribution in [0.15, 0.2) is 53.4 Å². The molecular weight excluding hydrogens is 418 g/mol. The van der Waals surface area contributed by atoms with Crippen LogP contribution in [-0.4, -0.2) is 43.2 Å². The molecule has 30 heavy (non-hydrogen) atoms. The Balaban J connectivity index is 1.27. The van der Waals surface area contributed by atoms with Gasteiger partial charge in [0.15, 0.2) is 0 Å². The molecule has 1 fully saturated rings. The average molecular weight is 444 g/mol. The largest absolute Gasteiger partial charge is 0.355 e. The molecule has 1 aromatic heterocycles. The van der Waals surface area contributed by atoms with Crippen LogP contribution in [0.2, 0.25) is 0 Å². The molecule has 0 spiro atoms. The van der Waals surface area contributed by atoms with E-state index in [4.69, 9.17) is 0 Å². The molecule has 8 heteroatoms. The Morgan fingerprint density at radius 3 is 2.53 bits per heavy atom. The molecule has 1 aliphatic rings. The van der Waals surface area contributed by atoms with Crippen LogP contribution in [0, 0.1) is 12.8 Å². The van der Waals surface area contributed by atoms with Gasteiger partial charge < -0.3 is 5.32 Å². The number of benzene rings is 2. The number of aromatic nitrogens is 1. The lowest BCUT2D eigenvalue weighted by Crippen LogP contribution is -2.43. The molecule has 0 atom stereocenters. The van der Waals surface area contributed by atoms with E-state index in [1.165, 1.54) is 4.31 Å². The lowest BCUT2D eigenvalue weighted by Gasteiger charge is -2.30. The average Bonchev–Trinajstić information content (AvgIpc) is 3.17. The van der Waals surface area contributed by atoms with Crippen molar-refractivity contribution in [2.45, 2.75) is 31.1 Å². The number of carbonyl (C=O) groups is 1. The number of hydrogen-bond acceptors (Lipinski definition) is 5. The number of amides is 1. The first-order chi connectivity index (χ1) is 14.4. The molecule has 1 saturated heterocycles. The second kappa shape index (κ2) is 8.83. The number of para-hydroxylation sites is 1. The zero-order chi connectivity index (χ0) is 21.1. The third-order valence-corrected chi connectivity index (χ3v) is 8.47. The van der Waals surface area contributed by atoms with E-state index in [0.717, 1.165) is 20.8 Å². The van der Waals surface area contributed by atoms with Crippen LogP contribution < -0.4 is 5.32 Å². The van der Waals surface area contributed by atoms with Crippen LogP contribution in [0.5, 0.6) is 0 Å². The van der Waals surface area contributed by atoms with Crippen molar-refractivity contribution in [2.24, 2.45) is 5.92 Å². The highest BCUT2D eigenvalue weighted by Crippen LogP contribution is 2.25. The summed E-state index contributed by atoms with van der Waals surface area (Å²) in [6.45, 7) is 3.20. The summed E-state index contributed by atoms with van der Waals surface area (Å²) in [6.07, 6.45) is 1.78. The highest BCUT2D eigenvalue weighted by molar-refractivity contribution is 7.89. The fourth-order valence-corrected chi connectivity index (χ4v) is 6.12. The van der Waals surface area contributed by atoms with Gasteiger partial charge in [-0.05, 0) is 44.0 Å². The van der Waals surface area contributed by atoms with Gasteiger partial charge in [0, 0.05) is 32.0 Å². The molecule has 2 heterocycles. The van der Waals surface area contributed by atoms with E-state index in [0.29, 0.717) is 43.8 Å². The molecule has 2 aromatic carbocycles. The van der Waals surface area contributed by atoms with Gasteiger partial charge in [-0.25, -0.2) is 13.4 Å². The summed E-state index contributed by atoms with van der Waals surface area (Å²) in [7, 11) is -3.50. The van der Waals surface area contributed by atoms with Crippen LogP contribution in [0.25, 0.3) is 10.2 Å². The summed E-state index contributed by atoms with van der Waals surface area (Å²) < 4.78 is 28.2. The summed E-state index contributed by atoms with van der Waals surface area (Å²) in [5, 5.41) is 4.01. The standard InChI is InChI=1S/C22H25N3O3S2/c1-16-6-8-18(9-7-16)30(27,28)25-14-11-17(12-15-25)22(26)23-13-10-21-24-19-4-2-3-5-20(19)29-21/h2-9,17H,10-15H2,1H3,(H,23,26). The van der Waals surface area contributed by atoms with E-state index in [1.54, 1.807) is 35.6 Å². The number of piperidine rings is 1. The summed E-state index contributed by atoms with van der Waals surface area (Å²) in [6, 6.07) is 14.9. The van der Waals surface area contributed by atoms with Crippen molar-refractivity contribution in [3.8, 4) is 0 Å². The first kappa shape index (κ1) is 21.0. The Kier molecular flexibility index (Phi) is 6.17. The van der Waals surface area contributed by atoms with Gasteiger partial charge in [-0.15, -0.1) is 11.3 Å². The molecule has 0 aliphatic carbocycles. The molecule has 4 rings (SSSR count). The second-order valence-corrected chi connectivity index (χ2v) is 10.7. The van der Waals surface area contributed by atoms with Crippen LogP contribution >= 0.6 is 11.3 Å². The predicted octanol–water partition coefficient (Wildman–Crippen LogP) is 3.36. The highest BCUT2D eigenvalue weighted by Gasteiger charge is 2.31. The van der Waals surface area contributed by atoms with Gasteiger partial charge in [0.1, 0.15) is 0 Å². The topological polar surface area (TPSA) is 79.4 Å². The second-order valence-electron chi connectivity index (χ2n) is 7.61. The fraction of sp³-hybridized carbons (Fsp3) is 0.364. The Morgan fingerprint density at radius 2 is 1.83 bits per heavy atom. The number of nitrogens with zero attached hydrogens (tertiary/aromatic N) is 2. The Morgan fingerprint density at radius 1 is 1.13 bits per heavy atom. The minimum absolute atomic E-state index is 0.00324. The number of aryl methyl sites for hydroxylation is 1. The van der Waals surface area contributed by atoms with Gasteiger partial charge in [0.25, 0.3) is 0 Å². The van der Waals surface area contributed by atoms with Crippen LogP contribution in [0.4, 0.5) is 0 Å². The van der Waals surface area contributed by atoms with Crippen molar-refractivity contribution in [1.82, 2.24) is 14.6 Å². The lowest BCUT2D eigenvalue weighted by atomic mass is 9.97. The minimum Gasteiger partial charge on any atom is -0.355 e. The molecule has 158 valence electrons. The van der Waals surface area contributed by atoms with Crippen molar-refractivity contribution in [3.63, 3.8) is 0 Å². The number of sulfonamides is 1. The molecule has 3 aromatic rings. The normalized spacial score (nSPS) is 16.0. The first-order valence-electron chi connectivity index (χ1n) is 10.1. The van der Waals surface area contributed by atoms with E-state index in [-0.39, 0.29) is 11.8 Å². The van der Waals surface area contributed by atoms with E-state index in [1.807, 2.05) is 31.2 Å². The Labute approximate surface area is 181 Å². The van der Waals surface area contributed by atoms with E-state index in [2.05, 4.69) is 10.3 Å². The van der Waals surface area contributed by atoms with Crippen LogP contribution in [0.1, 0.15) is 23.4 Å². The SMILES string of the molecule is Cc1ccc(S(=O)(=O)N2CCC(C(=O)NCCc3nc4ccccc4s3)CC2)cc1. The van der Waals surface area contributed by atoms with E-state index in [9.17, 15) is 13.2 Å². The molecule has 0 unspecified atom stereocenters. The fourth-order valence-electron chi connectivity index (χ4n) is 3.68. The van der Waals surface area contributed by atoms with E-state index < -0.39 is 10.0 Å². The van der Waals surface area contributed by atoms with Crippen molar-refractivity contribution >= 4 is 37.5 Å². The third-order valence-electron chi connectivity index (χ3n) is 5.46. The quantitative estimate of drug-likeness (QED) is 0.634. The van der Waals surface area contributed by atoms with Gasteiger partial charge in [-0.3, -0.25) is 4.79 Å². The summed E-state index contributed by atoms with van der Waals surface area (Å²) >= 11 is 1.65. The Hall–Kier alpha value is -2.29. The molecule has 0 radical (unpaired) electrons.